The molecule has 0 amide bonds. The lowest BCUT2D eigenvalue weighted by Crippen LogP contribution is -2.22. The Balaban J connectivity index is 2.37. The molecule has 0 fully saturated rings. The van der Waals surface area contributed by atoms with Crippen molar-refractivity contribution in [2.24, 2.45) is 0 Å². The van der Waals surface area contributed by atoms with Crippen molar-refractivity contribution in [2.45, 2.75) is 19.4 Å². The fourth-order valence-corrected chi connectivity index (χ4v) is 3.80. The van der Waals surface area contributed by atoms with Gasteiger partial charge in [0.1, 0.15) is 5.82 Å². The lowest BCUT2D eigenvalue weighted by molar-refractivity contribution is 0.587. The van der Waals surface area contributed by atoms with E-state index in [4.69, 9.17) is 0 Å². The predicted molar refractivity (Wildman–Crippen MR) is 86.3 cm³/mol. The highest BCUT2D eigenvalue weighted by Crippen LogP contribution is 2.34. The van der Waals surface area contributed by atoms with Gasteiger partial charge in [-0.3, -0.25) is 0 Å². The molecule has 0 spiro atoms. The molecule has 1 nitrogen and oxygen atoms in total. The van der Waals surface area contributed by atoms with Gasteiger partial charge in [0.15, 0.2) is 0 Å². The van der Waals surface area contributed by atoms with Crippen LogP contribution in [0.4, 0.5) is 4.39 Å². The number of thiophene rings is 1. The van der Waals surface area contributed by atoms with Crippen molar-refractivity contribution in [3.8, 4) is 0 Å². The van der Waals surface area contributed by atoms with Gasteiger partial charge in [0, 0.05) is 9.35 Å². The fraction of sp³-hybridized carbons (Fsp3) is 0.286. The third-order valence-corrected chi connectivity index (χ3v) is 5.36. The molecule has 0 aliphatic heterocycles. The van der Waals surface area contributed by atoms with Gasteiger partial charge in [-0.25, -0.2) is 4.39 Å². The summed E-state index contributed by atoms with van der Waals surface area (Å²) in [4.78, 5) is 1.18. The van der Waals surface area contributed by atoms with Crippen molar-refractivity contribution in [2.75, 3.05) is 6.54 Å². The van der Waals surface area contributed by atoms with Crippen LogP contribution in [-0.4, -0.2) is 6.54 Å². The molecule has 2 rings (SSSR count). The zero-order valence-electron chi connectivity index (χ0n) is 10.4. The molecule has 1 heterocycles. The first-order valence-corrected chi connectivity index (χ1v) is 8.51. The van der Waals surface area contributed by atoms with E-state index in [0.29, 0.717) is 4.47 Å². The Morgan fingerprint density at radius 2 is 2.05 bits per heavy atom. The van der Waals surface area contributed by atoms with Crippen LogP contribution in [-0.2, 0) is 0 Å². The SMILES string of the molecule is CCCNC(c1ccc(Br)c(F)c1)c1sccc1Br. The maximum absolute atomic E-state index is 13.7. The Hall–Kier alpha value is -0.230. The molecule has 102 valence electrons. The number of benzene rings is 1. The second-order valence-electron chi connectivity index (χ2n) is 4.19. The highest BCUT2D eigenvalue weighted by Gasteiger charge is 2.18. The third kappa shape index (κ3) is 3.66. The van der Waals surface area contributed by atoms with Crippen LogP contribution in [0.15, 0.2) is 38.6 Å². The first kappa shape index (κ1) is 15.2. The second-order valence-corrected chi connectivity index (χ2v) is 6.85. The minimum atomic E-state index is -0.228. The molecule has 19 heavy (non-hydrogen) atoms. The molecule has 5 heteroatoms. The summed E-state index contributed by atoms with van der Waals surface area (Å²) in [5, 5.41) is 5.51. The zero-order valence-corrected chi connectivity index (χ0v) is 14.4. The van der Waals surface area contributed by atoms with Gasteiger partial charge in [-0.1, -0.05) is 13.0 Å². The van der Waals surface area contributed by atoms with Crippen molar-refractivity contribution < 1.29 is 4.39 Å². The summed E-state index contributed by atoms with van der Waals surface area (Å²) in [5.74, 6) is -0.228. The van der Waals surface area contributed by atoms with Crippen molar-refractivity contribution in [1.82, 2.24) is 5.32 Å². The summed E-state index contributed by atoms with van der Waals surface area (Å²) < 4.78 is 15.3. The van der Waals surface area contributed by atoms with E-state index in [9.17, 15) is 4.39 Å². The van der Waals surface area contributed by atoms with Crippen LogP contribution in [0.25, 0.3) is 0 Å². The molecule has 0 saturated heterocycles. The molecule has 1 aromatic heterocycles. The Morgan fingerprint density at radius 3 is 2.63 bits per heavy atom. The maximum atomic E-state index is 13.7. The monoisotopic (exact) mass is 405 g/mol. The molecule has 1 N–H and O–H groups in total. The van der Waals surface area contributed by atoms with Crippen LogP contribution in [0.3, 0.4) is 0 Å². The van der Waals surface area contributed by atoms with E-state index in [1.807, 2.05) is 17.5 Å². The lowest BCUT2D eigenvalue weighted by atomic mass is 10.1. The first-order valence-electron chi connectivity index (χ1n) is 6.04. The molecule has 0 saturated carbocycles. The summed E-state index contributed by atoms with van der Waals surface area (Å²) in [6, 6.07) is 7.34. The Bertz CT molecular complexity index is 556. The smallest absolute Gasteiger partial charge is 0.137 e. The normalized spacial score (nSPS) is 12.6. The van der Waals surface area contributed by atoms with E-state index in [-0.39, 0.29) is 11.9 Å². The standard InChI is InChI=1S/C14H14Br2FNS/c1-2-6-18-13(14-11(16)5-7-19-14)9-3-4-10(15)12(17)8-9/h3-5,7-8,13,18H,2,6H2,1H3. The number of halogens is 3. The van der Waals surface area contributed by atoms with Crippen molar-refractivity contribution in [1.29, 1.82) is 0 Å². The quantitative estimate of drug-likeness (QED) is 0.690. The summed E-state index contributed by atoms with van der Waals surface area (Å²) >= 11 is 8.42. The maximum Gasteiger partial charge on any atom is 0.137 e. The van der Waals surface area contributed by atoms with E-state index in [2.05, 4.69) is 44.1 Å². The summed E-state index contributed by atoms with van der Waals surface area (Å²) in [6.45, 7) is 3.02. The number of hydrogen-bond donors (Lipinski definition) is 1. The molecule has 0 aliphatic carbocycles. The molecule has 0 bridgehead atoms. The van der Waals surface area contributed by atoms with Crippen LogP contribution in [0, 0.1) is 5.82 Å². The van der Waals surface area contributed by atoms with Gasteiger partial charge < -0.3 is 5.32 Å². The fourth-order valence-electron chi connectivity index (χ4n) is 1.85. The van der Waals surface area contributed by atoms with E-state index in [1.54, 1.807) is 23.5 Å². The van der Waals surface area contributed by atoms with Gasteiger partial charge in [-0.05, 0) is 74.0 Å². The molecule has 1 unspecified atom stereocenters. The summed E-state index contributed by atoms with van der Waals surface area (Å²) in [6.07, 6.45) is 1.04. The van der Waals surface area contributed by atoms with Crippen LogP contribution in [0.5, 0.6) is 0 Å². The molecular formula is C14H14Br2FNS. The van der Waals surface area contributed by atoms with E-state index < -0.39 is 0 Å². The van der Waals surface area contributed by atoms with Crippen LogP contribution in [0.2, 0.25) is 0 Å². The van der Waals surface area contributed by atoms with Crippen molar-refractivity contribution >= 4 is 43.2 Å². The molecule has 2 aromatic rings. The number of rotatable bonds is 5. The minimum Gasteiger partial charge on any atom is -0.306 e. The largest absolute Gasteiger partial charge is 0.306 e. The molecule has 1 aromatic carbocycles. The van der Waals surface area contributed by atoms with Gasteiger partial charge in [0.25, 0.3) is 0 Å². The van der Waals surface area contributed by atoms with Gasteiger partial charge in [0.2, 0.25) is 0 Å². The van der Waals surface area contributed by atoms with E-state index in [1.165, 1.54) is 4.88 Å². The summed E-state index contributed by atoms with van der Waals surface area (Å²) in [5.41, 5.74) is 0.942. The van der Waals surface area contributed by atoms with Crippen LogP contribution in [0.1, 0.15) is 29.8 Å². The highest BCUT2D eigenvalue weighted by molar-refractivity contribution is 9.10. The highest BCUT2D eigenvalue weighted by atomic mass is 79.9. The molecule has 0 aliphatic rings. The molecule has 0 radical (unpaired) electrons. The minimum absolute atomic E-state index is 0.0249. The van der Waals surface area contributed by atoms with E-state index in [0.717, 1.165) is 23.0 Å². The molecular weight excluding hydrogens is 393 g/mol. The zero-order chi connectivity index (χ0) is 13.8. The van der Waals surface area contributed by atoms with Gasteiger partial charge in [0.05, 0.1) is 10.5 Å². The third-order valence-electron chi connectivity index (χ3n) is 2.78. The van der Waals surface area contributed by atoms with Crippen molar-refractivity contribution in [3.05, 3.63) is 54.8 Å². The molecule has 1 atom stereocenters. The summed E-state index contributed by atoms with van der Waals surface area (Å²) in [7, 11) is 0. The van der Waals surface area contributed by atoms with Crippen LogP contribution >= 0.6 is 43.2 Å². The van der Waals surface area contributed by atoms with E-state index >= 15 is 0 Å². The Morgan fingerprint density at radius 1 is 1.26 bits per heavy atom. The Labute approximate surface area is 133 Å². The van der Waals surface area contributed by atoms with Gasteiger partial charge in [-0.2, -0.15) is 0 Å². The van der Waals surface area contributed by atoms with Crippen molar-refractivity contribution in [3.63, 3.8) is 0 Å². The van der Waals surface area contributed by atoms with Crippen LogP contribution < -0.4 is 5.32 Å². The predicted octanol–water partition coefficient (Wildman–Crippen LogP) is 5.50. The average Bonchev–Trinajstić information content (AvgIpc) is 2.80. The van der Waals surface area contributed by atoms with Gasteiger partial charge in [-0.15, -0.1) is 11.3 Å². The number of hydrogen-bond acceptors (Lipinski definition) is 2. The Kier molecular flexibility index (Phi) is 5.57. The topological polar surface area (TPSA) is 12.0 Å². The second kappa shape index (κ2) is 6.97. The lowest BCUT2D eigenvalue weighted by Gasteiger charge is -2.19. The average molecular weight is 407 g/mol. The number of nitrogens with one attached hydrogen (secondary N) is 1. The van der Waals surface area contributed by atoms with Gasteiger partial charge >= 0.3 is 0 Å². The first-order chi connectivity index (χ1) is 9.13.